The summed E-state index contributed by atoms with van der Waals surface area (Å²) in [7, 11) is -3.86. The molecule has 0 aliphatic carbocycles. The molecule has 1 aromatic heterocycles. The zero-order valence-electron chi connectivity index (χ0n) is 10.3. The molecule has 0 unspecified atom stereocenters. The van der Waals surface area contributed by atoms with Crippen LogP contribution in [0.4, 0.5) is 5.69 Å². The summed E-state index contributed by atoms with van der Waals surface area (Å²) in [5.41, 5.74) is 0.401. The van der Waals surface area contributed by atoms with Crippen LogP contribution in [0.3, 0.4) is 0 Å². The maximum Gasteiger partial charge on any atom is 0.275 e. The van der Waals surface area contributed by atoms with Crippen LogP contribution in [-0.2, 0) is 10.0 Å². The van der Waals surface area contributed by atoms with Gasteiger partial charge in [-0.05, 0) is 25.1 Å². The molecule has 0 fully saturated rings. The molecule has 3 N–H and O–H groups in total. The third-order valence-electron chi connectivity index (χ3n) is 2.37. The fourth-order valence-corrected chi connectivity index (χ4v) is 2.73. The Morgan fingerprint density at radius 2 is 2.15 bits per heavy atom. The second-order valence-electron chi connectivity index (χ2n) is 3.89. The van der Waals surface area contributed by atoms with E-state index in [0.29, 0.717) is 0 Å². The first-order chi connectivity index (χ1) is 9.27. The van der Waals surface area contributed by atoms with E-state index in [0.717, 1.165) is 5.01 Å². The first-order valence-electron chi connectivity index (χ1n) is 5.33. The largest absolute Gasteiger partial charge is 0.319 e. The molecule has 0 atom stereocenters. The van der Waals surface area contributed by atoms with Gasteiger partial charge in [-0.3, -0.25) is 4.79 Å². The molecule has 1 aromatic carbocycles. The smallest absolute Gasteiger partial charge is 0.275 e. The lowest BCUT2D eigenvalue weighted by molar-refractivity contribution is 0.102. The topological polar surface area (TPSA) is 102 Å². The van der Waals surface area contributed by atoms with Crippen LogP contribution < -0.4 is 10.5 Å². The van der Waals surface area contributed by atoms with Gasteiger partial charge in [-0.2, -0.15) is 0 Å². The highest BCUT2D eigenvalue weighted by molar-refractivity contribution is 7.89. The number of nitrogens with zero attached hydrogens (tertiary/aromatic N) is 1. The van der Waals surface area contributed by atoms with Crippen molar-refractivity contribution in [2.45, 2.75) is 11.8 Å². The van der Waals surface area contributed by atoms with Crippen molar-refractivity contribution < 1.29 is 13.2 Å². The molecule has 6 nitrogen and oxygen atoms in total. The second kappa shape index (κ2) is 5.49. The van der Waals surface area contributed by atoms with E-state index >= 15 is 0 Å². The number of nitrogens with two attached hydrogens (primary N) is 1. The van der Waals surface area contributed by atoms with Crippen LogP contribution in [0.1, 0.15) is 15.5 Å². The fraction of sp³-hybridized carbons (Fsp3) is 0.0909. The van der Waals surface area contributed by atoms with Crippen molar-refractivity contribution >= 4 is 44.6 Å². The van der Waals surface area contributed by atoms with Crippen LogP contribution in [0, 0.1) is 6.92 Å². The maximum atomic E-state index is 11.9. The van der Waals surface area contributed by atoms with Crippen LogP contribution in [0.5, 0.6) is 0 Å². The number of carbonyl (C=O) groups is 1. The Bertz CT molecular complexity index is 771. The van der Waals surface area contributed by atoms with Crippen molar-refractivity contribution in [1.29, 1.82) is 0 Å². The molecule has 2 aromatic rings. The number of aryl methyl sites for hydroxylation is 1. The number of hydrogen-bond donors (Lipinski definition) is 2. The van der Waals surface area contributed by atoms with Crippen molar-refractivity contribution in [3.05, 3.63) is 39.3 Å². The van der Waals surface area contributed by atoms with E-state index in [1.165, 1.54) is 29.5 Å². The van der Waals surface area contributed by atoms with Crippen LogP contribution in [-0.4, -0.2) is 19.3 Å². The first kappa shape index (κ1) is 14.9. The van der Waals surface area contributed by atoms with Crippen LogP contribution in [0.15, 0.2) is 28.5 Å². The molecule has 2 rings (SSSR count). The van der Waals surface area contributed by atoms with Gasteiger partial charge in [0.15, 0.2) is 0 Å². The van der Waals surface area contributed by atoms with Crippen LogP contribution in [0.25, 0.3) is 0 Å². The Labute approximate surface area is 124 Å². The van der Waals surface area contributed by atoms with E-state index in [4.69, 9.17) is 16.7 Å². The third kappa shape index (κ3) is 3.34. The van der Waals surface area contributed by atoms with Gasteiger partial charge in [-0.1, -0.05) is 11.6 Å². The van der Waals surface area contributed by atoms with Gasteiger partial charge in [0, 0.05) is 5.38 Å². The normalized spacial score (nSPS) is 11.3. The van der Waals surface area contributed by atoms with E-state index in [9.17, 15) is 13.2 Å². The van der Waals surface area contributed by atoms with Gasteiger partial charge in [0.1, 0.15) is 5.69 Å². The third-order valence-corrected chi connectivity index (χ3v) is 4.38. The molecule has 9 heteroatoms. The van der Waals surface area contributed by atoms with Gasteiger partial charge in [-0.25, -0.2) is 18.5 Å². The number of amides is 1. The molecule has 1 heterocycles. The summed E-state index contributed by atoms with van der Waals surface area (Å²) in [4.78, 5) is 15.8. The summed E-state index contributed by atoms with van der Waals surface area (Å²) in [5, 5.41) is 10.1. The molecule has 20 heavy (non-hydrogen) atoms. The quantitative estimate of drug-likeness (QED) is 0.897. The van der Waals surface area contributed by atoms with Crippen LogP contribution >= 0.6 is 22.9 Å². The van der Waals surface area contributed by atoms with Gasteiger partial charge in [0.2, 0.25) is 10.0 Å². The van der Waals surface area contributed by atoms with Crippen molar-refractivity contribution in [2.24, 2.45) is 5.14 Å². The van der Waals surface area contributed by atoms with E-state index in [1.54, 1.807) is 12.3 Å². The van der Waals surface area contributed by atoms with Gasteiger partial charge >= 0.3 is 0 Å². The number of sulfonamides is 1. The standard InChI is InChI=1S/C11H10ClN3O3S2/c1-6-14-10(5-19-6)11(16)15-9-4-7(20(13,17)18)2-3-8(9)12/h2-5H,1H3,(H,15,16)(H2,13,17,18). The average Bonchev–Trinajstić information content (AvgIpc) is 2.77. The number of hydrogen-bond acceptors (Lipinski definition) is 5. The highest BCUT2D eigenvalue weighted by atomic mass is 35.5. The highest BCUT2D eigenvalue weighted by Crippen LogP contribution is 2.25. The summed E-state index contributed by atoms with van der Waals surface area (Å²) in [5.74, 6) is -0.470. The minimum atomic E-state index is -3.86. The Morgan fingerprint density at radius 1 is 1.45 bits per heavy atom. The number of benzene rings is 1. The summed E-state index contributed by atoms with van der Waals surface area (Å²) in [6, 6.07) is 3.82. The van der Waals surface area contributed by atoms with Crippen molar-refractivity contribution in [2.75, 3.05) is 5.32 Å². The van der Waals surface area contributed by atoms with Gasteiger partial charge in [-0.15, -0.1) is 11.3 Å². The summed E-state index contributed by atoms with van der Waals surface area (Å²) in [6.45, 7) is 1.77. The Hall–Kier alpha value is -1.48. The highest BCUT2D eigenvalue weighted by Gasteiger charge is 2.15. The van der Waals surface area contributed by atoms with E-state index in [2.05, 4.69) is 10.3 Å². The Balaban J connectivity index is 2.31. The summed E-state index contributed by atoms with van der Waals surface area (Å²) in [6.07, 6.45) is 0. The molecule has 1 amide bonds. The minimum absolute atomic E-state index is 0.133. The molecule has 0 aliphatic heterocycles. The molecule has 0 aliphatic rings. The maximum absolute atomic E-state index is 11.9. The molecule has 0 saturated carbocycles. The monoisotopic (exact) mass is 331 g/mol. The van der Waals surface area contributed by atoms with Gasteiger partial charge in [0.05, 0.1) is 20.6 Å². The van der Waals surface area contributed by atoms with E-state index < -0.39 is 15.9 Å². The average molecular weight is 332 g/mol. The second-order valence-corrected chi connectivity index (χ2v) is 6.92. The predicted molar refractivity (Wildman–Crippen MR) is 77.6 cm³/mol. The molecule has 0 saturated heterocycles. The number of aromatic nitrogens is 1. The lowest BCUT2D eigenvalue weighted by Gasteiger charge is -2.07. The molecule has 0 spiro atoms. The van der Waals surface area contributed by atoms with E-state index in [1.807, 2.05) is 0 Å². The van der Waals surface area contributed by atoms with E-state index in [-0.39, 0.29) is 21.3 Å². The lowest BCUT2D eigenvalue weighted by Crippen LogP contribution is -2.15. The molecule has 0 radical (unpaired) electrons. The Kier molecular flexibility index (Phi) is 4.09. The SMILES string of the molecule is Cc1nc(C(=O)Nc2cc(S(N)(=O)=O)ccc2Cl)cs1. The number of thiazole rings is 1. The van der Waals surface area contributed by atoms with Gasteiger partial charge < -0.3 is 5.32 Å². The Morgan fingerprint density at radius 3 is 2.70 bits per heavy atom. The lowest BCUT2D eigenvalue weighted by atomic mass is 10.3. The first-order valence-corrected chi connectivity index (χ1v) is 8.13. The predicted octanol–water partition coefficient (Wildman–Crippen LogP) is 2.00. The number of carbonyl (C=O) groups excluding carboxylic acids is 1. The number of halogens is 1. The van der Waals surface area contributed by atoms with Crippen molar-refractivity contribution in [3.63, 3.8) is 0 Å². The molecular weight excluding hydrogens is 322 g/mol. The zero-order chi connectivity index (χ0) is 14.9. The number of anilines is 1. The minimum Gasteiger partial charge on any atom is -0.319 e. The number of primary sulfonamides is 1. The van der Waals surface area contributed by atoms with Crippen molar-refractivity contribution in [1.82, 2.24) is 4.98 Å². The number of rotatable bonds is 3. The fourth-order valence-electron chi connectivity index (χ4n) is 1.43. The van der Waals surface area contributed by atoms with Crippen LogP contribution in [0.2, 0.25) is 5.02 Å². The molecule has 0 bridgehead atoms. The van der Waals surface area contributed by atoms with Crippen molar-refractivity contribution in [3.8, 4) is 0 Å². The molecular formula is C11H10ClN3O3S2. The summed E-state index contributed by atoms with van der Waals surface area (Å²) >= 11 is 7.25. The van der Waals surface area contributed by atoms with Gasteiger partial charge in [0.25, 0.3) is 5.91 Å². The molecule has 106 valence electrons. The number of nitrogens with one attached hydrogen (secondary N) is 1. The summed E-state index contributed by atoms with van der Waals surface area (Å²) < 4.78 is 22.5. The zero-order valence-corrected chi connectivity index (χ0v) is 12.6.